The van der Waals surface area contributed by atoms with Gasteiger partial charge < -0.3 is 20.9 Å². The minimum atomic E-state index is -0.772. The third-order valence-corrected chi connectivity index (χ3v) is 5.58. The lowest BCUT2D eigenvalue weighted by Crippen LogP contribution is -2.50. The molecule has 1 aliphatic carbocycles. The molecule has 3 aliphatic rings. The van der Waals surface area contributed by atoms with Crippen LogP contribution < -0.4 is 16.0 Å². The van der Waals surface area contributed by atoms with Gasteiger partial charge in [-0.3, -0.25) is 9.59 Å². The molecule has 0 aromatic heterocycles. The Labute approximate surface area is 148 Å². The summed E-state index contributed by atoms with van der Waals surface area (Å²) in [5.41, 5.74) is -0.756. The lowest BCUT2D eigenvalue weighted by Gasteiger charge is -2.27. The van der Waals surface area contributed by atoms with Crippen LogP contribution in [0.15, 0.2) is 0 Å². The fourth-order valence-corrected chi connectivity index (χ4v) is 4.02. The second-order valence-electron chi connectivity index (χ2n) is 7.31. The molecule has 1 saturated carbocycles. The van der Waals surface area contributed by atoms with E-state index < -0.39 is 17.6 Å². The average molecular weight is 351 g/mol. The Kier molecular flexibility index (Phi) is 5.58. The van der Waals surface area contributed by atoms with Crippen LogP contribution in [0.3, 0.4) is 0 Å². The van der Waals surface area contributed by atoms with Crippen molar-refractivity contribution >= 4 is 17.8 Å². The summed E-state index contributed by atoms with van der Waals surface area (Å²) in [5, 5.41) is 9.00. The molecule has 3 rings (SSSR count). The first-order valence-electron chi connectivity index (χ1n) is 9.40. The topological polar surface area (TPSA) is 93.8 Å². The molecule has 8 nitrogen and oxygen atoms in total. The van der Waals surface area contributed by atoms with Crippen LogP contribution in [0, 0.1) is 0 Å². The predicted octanol–water partition coefficient (Wildman–Crippen LogP) is -0.349. The summed E-state index contributed by atoms with van der Waals surface area (Å²) < 4.78 is 0. The molecule has 3 N–H and O–H groups in total. The molecule has 0 aromatic rings. The number of urea groups is 1. The fraction of sp³-hybridized carbons (Fsp3) is 0.824. The highest BCUT2D eigenvalue weighted by Gasteiger charge is 2.54. The van der Waals surface area contributed by atoms with Gasteiger partial charge in [0.2, 0.25) is 5.91 Å². The monoisotopic (exact) mass is 351 g/mol. The van der Waals surface area contributed by atoms with Gasteiger partial charge in [0.1, 0.15) is 11.6 Å². The van der Waals surface area contributed by atoms with Crippen LogP contribution in [-0.4, -0.2) is 78.5 Å². The highest BCUT2D eigenvalue weighted by atomic mass is 16.2. The number of nitrogens with one attached hydrogen (secondary N) is 3. The fourth-order valence-electron chi connectivity index (χ4n) is 4.02. The Balaban J connectivity index is 1.45. The third kappa shape index (κ3) is 3.79. The van der Waals surface area contributed by atoms with Gasteiger partial charge in [0.05, 0.1) is 0 Å². The third-order valence-electron chi connectivity index (χ3n) is 5.58. The molecular weight excluding hydrogens is 322 g/mol. The van der Waals surface area contributed by atoms with Gasteiger partial charge in [0, 0.05) is 32.7 Å². The number of carbonyl (C=O) groups is 3. The Morgan fingerprint density at radius 2 is 1.92 bits per heavy atom. The highest BCUT2D eigenvalue weighted by molar-refractivity contribution is 6.09. The lowest BCUT2D eigenvalue weighted by atomic mass is 9.97. The van der Waals surface area contributed by atoms with E-state index in [1.165, 1.54) is 0 Å². The molecule has 8 heteroatoms. The molecule has 4 amide bonds. The summed E-state index contributed by atoms with van der Waals surface area (Å²) in [7, 11) is 0. The Hall–Kier alpha value is -1.67. The van der Waals surface area contributed by atoms with Crippen LogP contribution in [0.2, 0.25) is 0 Å². The van der Waals surface area contributed by atoms with Crippen LogP contribution in [0.1, 0.15) is 39.0 Å². The van der Waals surface area contributed by atoms with Crippen molar-refractivity contribution in [2.24, 2.45) is 0 Å². The smallest absolute Gasteiger partial charge is 0.325 e. The minimum Gasteiger partial charge on any atom is -0.354 e. The van der Waals surface area contributed by atoms with Crippen molar-refractivity contribution in [2.75, 3.05) is 39.3 Å². The number of hydrogen-bond donors (Lipinski definition) is 3. The molecular formula is C17H29N5O3. The number of rotatable bonds is 6. The maximum absolute atomic E-state index is 12.7. The van der Waals surface area contributed by atoms with E-state index in [9.17, 15) is 14.4 Å². The molecule has 0 radical (unpaired) electrons. The van der Waals surface area contributed by atoms with Gasteiger partial charge in [-0.05, 0) is 32.7 Å². The summed E-state index contributed by atoms with van der Waals surface area (Å²) in [6, 6.07) is -1.21. The van der Waals surface area contributed by atoms with E-state index in [0.717, 1.165) is 56.9 Å². The Morgan fingerprint density at radius 3 is 2.60 bits per heavy atom. The average Bonchev–Trinajstić information content (AvgIpc) is 3.17. The molecule has 1 spiro atoms. The SMILES string of the molecule is CC(C(=O)NCCCN1CCNCC1)N1C(=O)NC2(CCCC2)C1=O. The van der Waals surface area contributed by atoms with Crippen LogP contribution in [0.25, 0.3) is 0 Å². The van der Waals surface area contributed by atoms with E-state index in [2.05, 4.69) is 20.9 Å². The number of carbonyl (C=O) groups excluding carboxylic acids is 3. The largest absolute Gasteiger partial charge is 0.354 e. The molecule has 140 valence electrons. The van der Waals surface area contributed by atoms with Gasteiger partial charge in [0.15, 0.2) is 0 Å². The first kappa shape index (κ1) is 18.1. The molecule has 3 fully saturated rings. The summed E-state index contributed by atoms with van der Waals surface area (Å²) in [6.45, 7) is 7.22. The van der Waals surface area contributed by atoms with Gasteiger partial charge in [0.25, 0.3) is 5.91 Å². The zero-order valence-electron chi connectivity index (χ0n) is 15.0. The molecule has 2 heterocycles. The Morgan fingerprint density at radius 1 is 1.24 bits per heavy atom. The normalized spacial score (nSPS) is 24.6. The van der Waals surface area contributed by atoms with Gasteiger partial charge >= 0.3 is 6.03 Å². The van der Waals surface area contributed by atoms with E-state index in [0.29, 0.717) is 19.4 Å². The van der Waals surface area contributed by atoms with E-state index in [1.807, 2.05) is 0 Å². The van der Waals surface area contributed by atoms with E-state index >= 15 is 0 Å². The van der Waals surface area contributed by atoms with Gasteiger partial charge in [-0.2, -0.15) is 0 Å². The number of imide groups is 1. The van der Waals surface area contributed by atoms with Gasteiger partial charge in [-0.15, -0.1) is 0 Å². The van der Waals surface area contributed by atoms with Crippen LogP contribution in [0.5, 0.6) is 0 Å². The lowest BCUT2D eigenvalue weighted by molar-refractivity contribution is -0.137. The van der Waals surface area contributed by atoms with Gasteiger partial charge in [-0.25, -0.2) is 9.69 Å². The molecule has 1 atom stereocenters. The summed E-state index contributed by atoms with van der Waals surface area (Å²) in [6.07, 6.45) is 4.08. The quantitative estimate of drug-likeness (QED) is 0.449. The van der Waals surface area contributed by atoms with E-state index in [1.54, 1.807) is 6.92 Å². The highest BCUT2D eigenvalue weighted by Crippen LogP contribution is 2.35. The molecule has 25 heavy (non-hydrogen) atoms. The van der Waals surface area contributed by atoms with Crippen molar-refractivity contribution in [3.63, 3.8) is 0 Å². The predicted molar refractivity (Wildman–Crippen MR) is 93.0 cm³/mol. The van der Waals surface area contributed by atoms with Crippen LogP contribution >= 0.6 is 0 Å². The number of hydrogen-bond acceptors (Lipinski definition) is 5. The Bertz CT molecular complexity index is 526. The zero-order valence-corrected chi connectivity index (χ0v) is 15.0. The standard InChI is InChI=1S/C17H29N5O3/c1-13(14(23)19-7-4-10-21-11-8-18-9-12-21)22-15(24)17(20-16(22)25)5-2-3-6-17/h13,18H,2-12H2,1H3,(H,19,23)(H,20,25). The van der Waals surface area contributed by atoms with Crippen molar-refractivity contribution in [3.05, 3.63) is 0 Å². The van der Waals surface area contributed by atoms with Crippen LogP contribution in [-0.2, 0) is 9.59 Å². The molecule has 0 aromatic carbocycles. The number of nitrogens with zero attached hydrogens (tertiary/aromatic N) is 2. The van der Waals surface area contributed by atoms with Crippen molar-refractivity contribution < 1.29 is 14.4 Å². The zero-order chi connectivity index (χ0) is 17.9. The molecule has 2 saturated heterocycles. The first-order chi connectivity index (χ1) is 12.0. The maximum Gasteiger partial charge on any atom is 0.325 e. The van der Waals surface area contributed by atoms with Crippen molar-refractivity contribution in [1.29, 1.82) is 0 Å². The van der Waals surface area contributed by atoms with Crippen molar-refractivity contribution in [1.82, 2.24) is 25.8 Å². The minimum absolute atomic E-state index is 0.238. The molecule has 2 aliphatic heterocycles. The van der Waals surface area contributed by atoms with E-state index in [4.69, 9.17) is 0 Å². The molecule has 1 unspecified atom stereocenters. The van der Waals surface area contributed by atoms with Crippen LogP contribution in [0.4, 0.5) is 4.79 Å². The van der Waals surface area contributed by atoms with Crippen molar-refractivity contribution in [2.45, 2.75) is 50.6 Å². The van der Waals surface area contributed by atoms with Crippen molar-refractivity contribution in [3.8, 4) is 0 Å². The first-order valence-corrected chi connectivity index (χ1v) is 9.40. The second kappa shape index (κ2) is 7.70. The number of amides is 4. The summed E-state index contributed by atoms with van der Waals surface area (Å²) in [4.78, 5) is 40.7. The summed E-state index contributed by atoms with van der Waals surface area (Å²) in [5.74, 6) is -0.502. The summed E-state index contributed by atoms with van der Waals surface area (Å²) >= 11 is 0. The molecule has 0 bridgehead atoms. The number of piperazine rings is 1. The maximum atomic E-state index is 12.7. The van der Waals surface area contributed by atoms with E-state index in [-0.39, 0.29) is 11.8 Å². The second-order valence-corrected chi connectivity index (χ2v) is 7.31. The van der Waals surface area contributed by atoms with Gasteiger partial charge in [-0.1, -0.05) is 12.8 Å².